The van der Waals surface area contributed by atoms with E-state index in [4.69, 9.17) is 9.47 Å². The van der Waals surface area contributed by atoms with Gasteiger partial charge in [-0.2, -0.15) is 5.26 Å². The number of ether oxygens (including phenoxy) is 2. The maximum absolute atomic E-state index is 13.6. The average Bonchev–Trinajstić information content (AvgIpc) is 3.28. The molecule has 5 heteroatoms. The van der Waals surface area contributed by atoms with Crippen molar-refractivity contribution in [2.45, 2.75) is 59.2 Å². The number of rotatable bonds is 5. The molecule has 2 aliphatic carbocycles. The van der Waals surface area contributed by atoms with Gasteiger partial charge in [-0.1, -0.05) is 26.8 Å². The lowest BCUT2D eigenvalue weighted by atomic mass is 9.50. The summed E-state index contributed by atoms with van der Waals surface area (Å²) in [4.78, 5) is 26.3. The predicted octanol–water partition coefficient (Wildman–Crippen LogP) is 3.44. The van der Waals surface area contributed by atoms with Gasteiger partial charge in [0.15, 0.2) is 6.29 Å². The Balaban J connectivity index is 1.94. The molecule has 1 unspecified atom stereocenters. The van der Waals surface area contributed by atoms with Gasteiger partial charge in [0.1, 0.15) is 11.6 Å². The highest BCUT2D eigenvalue weighted by molar-refractivity contribution is 5.95. The van der Waals surface area contributed by atoms with Crippen LogP contribution in [-0.2, 0) is 19.1 Å². The van der Waals surface area contributed by atoms with Crippen LogP contribution in [0.15, 0.2) is 12.7 Å². The molecule has 5 atom stereocenters. The molecule has 26 heavy (non-hydrogen) atoms. The second-order valence-corrected chi connectivity index (χ2v) is 8.77. The van der Waals surface area contributed by atoms with Crippen molar-refractivity contribution in [1.82, 2.24) is 0 Å². The van der Waals surface area contributed by atoms with Gasteiger partial charge in [0.05, 0.1) is 24.7 Å². The van der Waals surface area contributed by atoms with E-state index in [2.05, 4.69) is 12.6 Å². The lowest BCUT2D eigenvalue weighted by Crippen LogP contribution is -2.54. The van der Waals surface area contributed by atoms with Crippen molar-refractivity contribution < 1.29 is 19.1 Å². The number of nitriles is 1. The van der Waals surface area contributed by atoms with Gasteiger partial charge in [-0.25, -0.2) is 0 Å². The van der Waals surface area contributed by atoms with E-state index in [-0.39, 0.29) is 23.9 Å². The highest BCUT2D eigenvalue weighted by Crippen LogP contribution is 2.61. The minimum atomic E-state index is -0.829. The molecular formula is C21H29NO4. The van der Waals surface area contributed by atoms with Gasteiger partial charge in [-0.3, -0.25) is 9.59 Å². The highest BCUT2D eigenvalue weighted by Gasteiger charge is 2.63. The van der Waals surface area contributed by atoms with E-state index in [1.807, 2.05) is 20.8 Å². The van der Waals surface area contributed by atoms with Gasteiger partial charge in [0, 0.05) is 29.6 Å². The zero-order valence-electron chi connectivity index (χ0n) is 16.0. The van der Waals surface area contributed by atoms with Crippen molar-refractivity contribution in [1.29, 1.82) is 5.26 Å². The number of fused-ring (bicyclic) bond motifs is 1. The van der Waals surface area contributed by atoms with Crippen LogP contribution in [0.4, 0.5) is 0 Å². The Morgan fingerprint density at radius 1 is 1.42 bits per heavy atom. The van der Waals surface area contributed by atoms with Gasteiger partial charge >= 0.3 is 0 Å². The summed E-state index contributed by atoms with van der Waals surface area (Å²) in [6.07, 6.45) is 3.92. The Kier molecular flexibility index (Phi) is 4.87. The first kappa shape index (κ1) is 19.3. The Morgan fingerprint density at radius 2 is 2.08 bits per heavy atom. The molecule has 2 saturated carbocycles. The fourth-order valence-corrected chi connectivity index (χ4v) is 5.32. The van der Waals surface area contributed by atoms with Crippen LogP contribution in [0.5, 0.6) is 0 Å². The predicted molar refractivity (Wildman–Crippen MR) is 95.9 cm³/mol. The molecule has 1 saturated heterocycles. The Hall–Kier alpha value is -1.51. The lowest BCUT2D eigenvalue weighted by molar-refractivity contribution is -0.156. The van der Waals surface area contributed by atoms with Gasteiger partial charge in [-0.15, -0.1) is 6.58 Å². The number of hydrogen-bond donors (Lipinski definition) is 0. The van der Waals surface area contributed by atoms with E-state index in [1.165, 1.54) is 0 Å². The number of carbonyl (C=O) groups excluding carboxylic acids is 2. The first-order valence-corrected chi connectivity index (χ1v) is 9.57. The lowest BCUT2D eigenvalue weighted by Gasteiger charge is -2.50. The molecule has 0 radical (unpaired) electrons. The fraction of sp³-hybridized carbons (Fsp3) is 0.762. The molecule has 3 fully saturated rings. The molecule has 3 rings (SSSR count). The largest absolute Gasteiger partial charge is 0.349 e. The van der Waals surface area contributed by atoms with Crippen LogP contribution in [0, 0.1) is 39.4 Å². The van der Waals surface area contributed by atoms with Crippen molar-refractivity contribution in [3.05, 3.63) is 12.7 Å². The molecule has 0 aromatic heterocycles. The van der Waals surface area contributed by atoms with Gasteiger partial charge in [-0.05, 0) is 25.2 Å². The summed E-state index contributed by atoms with van der Waals surface area (Å²) in [6.45, 7) is 10.8. The molecule has 3 aliphatic rings. The zero-order chi connectivity index (χ0) is 19.2. The van der Waals surface area contributed by atoms with Crippen LogP contribution in [0.3, 0.4) is 0 Å². The average molecular weight is 359 g/mol. The molecule has 0 aromatic carbocycles. The molecule has 0 bridgehead atoms. The Labute approximate surface area is 155 Å². The van der Waals surface area contributed by atoms with Crippen LogP contribution in [0.25, 0.3) is 0 Å². The van der Waals surface area contributed by atoms with Crippen LogP contribution in [0.2, 0.25) is 0 Å². The van der Waals surface area contributed by atoms with Crippen molar-refractivity contribution in [3.63, 3.8) is 0 Å². The van der Waals surface area contributed by atoms with Crippen LogP contribution in [0.1, 0.15) is 52.9 Å². The fourth-order valence-electron chi connectivity index (χ4n) is 5.32. The second-order valence-electron chi connectivity index (χ2n) is 8.77. The van der Waals surface area contributed by atoms with Crippen molar-refractivity contribution in [2.75, 3.05) is 13.2 Å². The van der Waals surface area contributed by atoms with E-state index in [9.17, 15) is 14.9 Å². The second kappa shape index (κ2) is 6.58. The summed E-state index contributed by atoms with van der Waals surface area (Å²) in [5.41, 5.74) is -2.16. The SMILES string of the molecule is C=CC(C)(CC(=O)[C@]1(C)[C@H](C)CC[C@@]2(C#N)CCC(=O)[C@H]21)C1OCCO1. The summed E-state index contributed by atoms with van der Waals surface area (Å²) in [7, 11) is 0. The molecule has 0 aromatic rings. The van der Waals surface area contributed by atoms with Crippen LogP contribution in [-0.4, -0.2) is 31.1 Å². The third kappa shape index (κ3) is 2.66. The van der Waals surface area contributed by atoms with Gasteiger partial charge in [0.25, 0.3) is 0 Å². The molecule has 142 valence electrons. The first-order chi connectivity index (χ1) is 12.2. The molecule has 0 N–H and O–H groups in total. The minimum absolute atomic E-state index is 0.0195. The molecule has 1 aliphatic heterocycles. The molecule has 0 spiro atoms. The van der Waals surface area contributed by atoms with E-state index >= 15 is 0 Å². The highest BCUT2D eigenvalue weighted by atomic mass is 16.7. The Morgan fingerprint density at radius 3 is 2.65 bits per heavy atom. The summed E-state index contributed by atoms with van der Waals surface area (Å²) >= 11 is 0. The summed E-state index contributed by atoms with van der Waals surface area (Å²) in [6, 6.07) is 2.43. The normalized spacial score (nSPS) is 39.8. The van der Waals surface area contributed by atoms with E-state index in [1.54, 1.807) is 6.08 Å². The van der Waals surface area contributed by atoms with Crippen molar-refractivity contribution >= 4 is 11.6 Å². The maximum Gasteiger partial charge on any atom is 0.166 e. The van der Waals surface area contributed by atoms with E-state index in [0.29, 0.717) is 32.5 Å². The molecule has 1 heterocycles. The smallest absolute Gasteiger partial charge is 0.166 e. The third-order valence-corrected chi connectivity index (χ3v) is 7.33. The Bertz CT molecular complexity index is 661. The number of carbonyl (C=O) groups is 2. The van der Waals surface area contributed by atoms with E-state index < -0.39 is 28.5 Å². The summed E-state index contributed by atoms with van der Waals surface area (Å²) in [5, 5.41) is 9.85. The van der Waals surface area contributed by atoms with Gasteiger partial charge < -0.3 is 9.47 Å². The van der Waals surface area contributed by atoms with Crippen molar-refractivity contribution in [2.24, 2.45) is 28.1 Å². The number of hydrogen-bond acceptors (Lipinski definition) is 5. The molecular weight excluding hydrogens is 330 g/mol. The van der Waals surface area contributed by atoms with Crippen LogP contribution < -0.4 is 0 Å². The number of ketones is 2. The standard InChI is InChI=1S/C21H29NO4/c1-5-19(3,18-25-10-11-26-18)12-16(24)20(4)14(2)6-8-21(13-22)9-7-15(23)17(20)21/h5,14,17-18H,1,6-12H2,2-4H3/t14-,17+,19?,20+,21+/m1/s1. The maximum atomic E-state index is 13.6. The van der Waals surface area contributed by atoms with Crippen LogP contribution >= 0.6 is 0 Å². The molecule has 0 amide bonds. The van der Waals surface area contributed by atoms with Crippen molar-refractivity contribution in [3.8, 4) is 6.07 Å². The monoisotopic (exact) mass is 359 g/mol. The third-order valence-electron chi connectivity index (χ3n) is 7.33. The zero-order valence-corrected chi connectivity index (χ0v) is 16.0. The minimum Gasteiger partial charge on any atom is -0.349 e. The summed E-state index contributed by atoms with van der Waals surface area (Å²) in [5.74, 6) is -0.354. The summed E-state index contributed by atoms with van der Waals surface area (Å²) < 4.78 is 11.3. The number of nitrogens with zero attached hydrogens (tertiary/aromatic N) is 1. The number of Topliss-reactive ketones (excluding diaryl/α,β-unsaturated/α-hetero) is 2. The van der Waals surface area contributed by atoms with E-state index in [0.717, 1.165) is 6.42 Å². The molecule has 5 nitrogen and oxygen atoms in total. The van der Waals surface area contributed by atoms with Gasteiger partial charge in [0.2, 0.25) is 0 Å². The quantitative estimate of drug-likeness (QED) is 0.703. The topological polar surface area (TPSA) is 76.4 Å². The first-order valence-electron chi connectivity index (χ1n) is 9.57.